The molecule has 0 unspecified atom stereocenters. The van der Waals surface area contributed by atoms with Gasteiger partial charge in [-0.15, -0.1) is 22.7 Å². The number of anilines is 6. The maximum atomic E-state index is 13.4. The smallest absolute Gasteiger partial charge is 0.236 e. The summed E-state index contributed by atoms with van der Waals surface area (Å²) in [7, 11) is 4.06. The van der Waals surface area contributed by atoms with E-state index in [0.717, 1.165) is 144 Å². The topological polar surface area (TPSA) is 129 Å². The van der Waals surface area contributed by atoms with Gasteiger partial charge in [0.15, 0.2) is 10.3 Å². The van der Waals surface area contributed by atoms with Crippen LogP contribution >= 0.6 is 22.7 Å². The summed E-state index contributed by atoms with van der Waals surface area (Å²) in [6, 6.07) is 17.3. The van der Waals surface area contributed by atoms with E-state index in [1.165, 1.54) is 35.5 Å². The van der Waals surface area contributed by atoms with Crippen molar-refractivity contribution in [1.82, 2.24) is 43.9 Å². The van der Waals surface area contributed by atoms with E-state index in [2.05, 4.69) is 90.8 Å². The van der Waals surface area contributed by atoms with Crippen molar-refractivity contribution in [2.75, 3.05) is 106 Å². The van der Waals surface area contributed by atoms with Crippen molar-refractivity contribution in [1.29, 1.82) is 0 Å². The highest BCUT2D eigenvalue weighted by atomic mass is 32.1. The Hall–Kier alpha value is -6.51. The van der Waals surface area contributed by atoms with E-state index in [-0.39, 0.29) is 23.6 Å². The van der Waals surface area contributed by atoms with Gasteiger partial charge in [0.2, 0.25) is 5.91 Å². The van der Waals surface area contributed by atoms with Crippen LogP contribution in [0.15, 0.2) is 83.8 Å². The number of hydrogen-bond donors (Lipinski definition) is 2. The third-order valence-electron chi connectivity index (χ3n) is 13.8. The predicted octanol–water partition coefficient (Wildman–Crippen LogP) is 8.21. The molecule has 6 aromatic heterocycles. The highest BCUT2D eigenvalue weighted by molar-refractivity contribution is 7.14. The van der Waals surface area contributed by atoms with Gasteiger partial charge in [-0.2, -0.15) is 0 Å². The summed E-state index contributed by atoms with van der Waals surface area (Å²) < 4.78 is 31.1. The predicted molar refractivity (Wildman–Crippen MR) is 286 cm³/mol. The highest BCUT2D eigenvalue weighted by Crippen LogP contribution is 2.37. The first-order valence-corrected chi connectivity index (χ1v) is 26.4. The lowest BCUT2D eigenvalue weighted by Gasteiger charge is -2.39. The number of carbonyl (C=O) groups excluding carboxylic acids is 1. The van der Waals surface area contributed by atoms with E-state index in [0.29, 0.717) is 19.6 Å². The third kappa shape index (κ3) is 10.00. The van der Waals surface area contributed by atoms with Crippen LogP contribution in [0.1, 0.15) is 36.4 Å². The van der Waals surface area contributed by atoms with E-state index in [1.807, 2.05) is 24.9 Å². The fourth-order valence-corrected chi connectivity index (χ4v) is 11.4. The molecule has 72 heavy (non-hydrogen) atoms. The number of imidazole rings is 2. The standard InChI is InChI=1S/C29H34FN7O2S.C24H27FN6S/c1-4-24-28(33(3)29-32-25(18-40-29)20-5-7-21(30)8-6-20)37-14-22(13-19(2)27(37)31-24)35-11-9-34(10-12-35)17-26(39)36-15-23(38)16-36;1-4-20-23(29(3)24-28-21(15-32-24)17-5-7-18(25)8-6-17)31-14-19(13-16(2)22(31)27-20)30-11-9-26-10-12-30/h5-8,13-14,18,23,38H,4,9-12,15-17H2,1-3H3;5-8,13-15,26H,4,9-12H2,1-3H3. The Kier molecular flexibility index (Phi) is 14.3. The van der Waals surface area contributed by atoms with E-state index >= 15 is 0 Å². The zero-order valence-electron chi connectivity index (χ0n) is 41.6. The van der Waals surface area contributed by atoms with Crippen LogP contribution in [0.25, 0.3) is 33.8 Å². The molecule has 1 amide bonds. The molecule has 3 saturated heterocycles. The number of nitrogens with zero attached hydrogens (tertiary/aromatic N) is 12. The van der Waals surface area contributed by atoms with E-state index in [4.69, 9.17) is 19.9 Å². The van der Waals surface area contributed by atoms with Crippen LogP contribution in [0.4, 0.5) is 42.1 Å². The number of aliphatic hydroxyl groups excluding tert-OH is 1. The van der Waals surface area contributed by atoms with Crippen molar-refractivity contribution < 1.29 is 18.7 Å². The first-order chi connectivity index (χ1) is 34.8. The molecular weight excluding hydrogens is 953 g/mol. The summed E-state index contributed by atoms with van der Waals surface area (Å²) in [6.45, 7) is 17.1. The first-order valence-electron chi connectivity index (χ1n) is 24.7. The van der Waals surface area contributed by atoms with Crippen molar-refractivity contribution in [2.45, 2.75) is 46.6 Å². The van der Waals surface area contributed by atoms with Crippen LogP contribution in [-0.2, 0) is 17.6 Å². The minimum Gasteiger partial charge on any atom is -0.389 e. The van der Waals surface area contributed by atoms with Crippen molar-refractivity contribution in [3.05, 3.63) is 118 Å². The molecule has 3 aliphatic rings. The van der Waals surface area contributed by atoms with Crippen molar-refractivity contribution in [3.8, 4) is 22.5 Å². The number of pyridine rings is 2. The molecule has 11 rings (SSSR count). The summed E-state index contributed by atoms with van der Waals surface area (Å²) in [5.74, 6) is 1.63. The van der Waals surface area contributed by atoms with Gasteiger partial charge >= 0.3 is 0 Å². The number of aryl methyl sites for hydroxylation is 4. The summed E-state index contributed by atoms with van der Waals surface area (Å²) >= 11 is 3.13. The second-order valence-corrected chi connectivity index (χ2v) is 20.4. The van der Waals surface area contributed by atoms with Crippen LogP contribution < -0.4 is 24.9 Å². The Morgan fingerprint density at radius 1 is 0.681 bits per heavy atom. The number of rotatable bonds is 12. The summed E-state index contributed by atoms with van der Waals surface area (Å²) in [4.78, 5) is 45.0. The average molecular weight is 1010 g/mol. The maximum absolute atomic E-state index is 13.4. The van der Waals surface area contributed by atoms with Gasteiger partial charge in [-0.3, -0.25) is 18.5 Å². The zero-order chi connectivity index (χ0) is 50.2. The van der Waals surface area contributed by atoms with Crippen LogP contribution in [0.3, 0.4) is 0 Å². The van der Waals surface area contributed by atoms with Crippen LogP contribution in [0.2, 0.25) is 0 Å². The molecule has 0 radical (unpaired) electrons. The molecule has 3 fully saturated rings. The second-order valence-electron chi connectivity index (χ2n) is 18.7. The number of aliphatic hydroxyl groups is 1. The quantitative estimate of drug-likeness (QED) is 0.123. The molecule has 3 aliphatic heterocycles. The van der Waals surface area contributed by atoms with Gasteiger partial charge < -0.3 is 34.9 Å². The van der Waals surface area contributed by atoms with Gasteiger partial charge in [0, 0.05) is 114 Å². The molecule has 2 aromatic carbocycles. The van der Waals surface area contributed by atoms with Crippen LogP contribution in [0, 0.1) is 25.5 Å². The molecule has 0 spiro atoms. The number of hydrogen-bond acceptors (Lipinski definition) is 14. The summed E-state index contributed by atoms with van der Waals surface area (Å²) in [6.07, 6.45) is 5.62. The number of piperazine rings is 2. The Labute approximate surface area is 426 Å². The largest absolute Gasteiger partial charge is 0.389 e. The lowest BCUT2D eigenvalue weighted by atomic mass is 10.1. The van der Waals surface area contributed by atoms with Gasteiger partial charge in [0.25, 0.3) is 0 Å². The zero-order valence-corrected chi connectivity index (χ0v) is 43.3. The minimum absolute atomic E-state index is 0.0963. The maximum Gasteiger partial charge on any atom is 0.236 e. The molecule has 376 valence electrons. The van der Waals surface area contributed by atoms with E-state index in [9.17, 15) is 18.7 Å². The van der Waals surface area contributed by atoms with Crippen LogP contribution in [-0.4, -0.2) is 142 Å². The average Bonchev–Trinajstić information content (AvgIpc) is 4.22. The molecule has 0 aliphatic carbocycles. The number of nitrogens with one attached hydrogen (secondary N) is 1. The minimum atomic E-state index is -0.369. The van der Waals surface area contributed by atoms with Crippen LogP contribution in [0.5, 0.6) is 0 Å². The second kappa shape index (κ2) is 20.9. The summed E-state index contributed by atoms with van der Waals surface area (Å²) in [5.41, 5.74) is 12.0. The molecule has 15 nitrogen and oxygen atoms in total. The Morgan fingerprint density at radius 2 is 1.12 bits per heavy atom. The number of amides is 1. The third-order valence-corrected chi connectivity index (χ3v) is 15.6. The fourth-order valence-electron chi connectivity index (χ4n) is 9.75. The van der Waals surface area contributed by atoms with Gasteiger partial charge in [-0.1, -0.05) is 13.8 Å². The molecule has 19 heteroatoms. The van der Waals surface area contributed by atoms with Gasteiger partial charge in [0.05, 0.1) is 46.8 Å². The lowest BCUT2D eigenvalue weighted by molar-refractivity contribution is -0.142. The molecule has 2 N–H and O–H groups in total. The van der Waals surface area contributed by atoms with Gasteiger partial charge in [0.1, 0.15) is 34.6 Å². The Balaban J connectivity index is 0.000000170. The monoisotopic (exact) mass is 1010 g/mol. The van der Waals surface area contributed by atoms with Crippen molar-refractivity contribution in [2.24, 2.45) is 0 Å². The van der Waals surface area contributed by atoms with Crippen molar-refractivity contribution >= 4 is 73.1 Å². The Morgan fingerprint density at radius 3 is 1.56 bits per heavy atom. The first kappa shape index (κ1) is 49.1. The number of halogens is 2. The number of carbonyl (C=O) groups is 1. The number of thiazole rings is 2. The number of likely N-dealkylation sites (tertiary alicyclic amines) is 1. The molecule has 0 saturated carbocycles. The summed E-state index contributed by atoms with van der Waals surface area (Å²) in [5, 5.41) is 18.6. The SMILES string of the molecule is CCc1nc2c(C)cc(N3CCN(CC(=O)N4CC(O)C4)CC3)cn2c1N(C)c1nc(-c2ccc(F)cc2)cs1.CCc1nc2c(C)cc(N3CCNCC3)cn2c1N(C)c1nc(-c2ccc(F)cc2)cs1. The van der Waals surface area contributed by atoms with Gasteiger partial charge in [-0.05, 0) is 98.5 Å². The normalized spacial score (nSPS) is 15.5. The van der Waals surface area contributed by atoms with E-state index in [1.54, 1.807) is 51.8 Å². The number of benzene rings is 2. The van der Waals surface area contributed by atoms with Gasteiger partial charge in [-0.25, -0.2) is 28.7 Å². The Bertz CT molecular complexity index is 3190. The molecule has 8 aromatic rings. The molecule has 9 heterocycles. The van der Waals surface area contributed by atoms with Crippen molar-refractivity contribution in [3.63, 3.8) is 0 Å². The molecule has 0 bridgehead atoms. The number of aromatic nitrogens is 6. The fraction of sp³-hybridized carbons (Fsp3) is 0.377. The van der Waals surface area contributed by atoms with E-state index < -0.39 is 0 Å². The molecular formula is C53H61F2N13O2S2. The molecule has 0 atom stereocenters. The lowest BCUT2D eigenvalue weighted by Crippen LogP contribution is -2.57. The number of fused-ring (bicyclic) bond motifs is 2. The highest BCUT2D eigenvalue weighted by Gasteiger charge is 2.31. The number of β-amino-alcohol motifs (C(OH)–C–C–N with tert-alkyl or cyclic N) is 1.